The first-order valence-electron chi connectivity index (χ1n) is 1.44. The Morgan fingerprint density at radius 3 is 2.29 bits per heavy atom. The molecule has 1 heterocycles. The summed E-state index contributed by atoms with van der Waals surface area (Å²) in [6, 6.07) is 1.83. The van der Waals surface area contributed by atoms with Crippen LogP contribution in [0.5, 0.6) is 0 Å². The lowest BCUT2D eigenvalue weighted by atomic mass is 10.8. The summed E-state index contributed by atoms with van der Waals surface area (Å²) in [4.78, 5) is 0. The molecule has 0 aliphatic rings. The molecule has 0 fully saturated rings. The van der Waals surface area contributed by atoms with Crippen LogP contribution < -0.4 is 0 Å². The highest BCUT2D eigenvalue weighted by Gasteiger charge is 1.56. The smallest absolute Gasteiger partial charge is 0.0487 e. The third-order valence-electron chi connectivity index (χ3n) is 0.406. The highest BCUT2D eigenvalue weighted by Crippen LogP contribution is 1.64. The van der Waals surface area contributed by atoms with Gasteiger partial charge in [-0.2, -0.15) is 5.10 Å². The number of H-pyrrole nitrogens is 1. The molecule has 0 spiro atoms. The number of hydrogen-bond acceptors (Lipinski definition) is 1. The fraction of sp³-hybridized carbons (Fsp3) is 0. The topological polar surface area (TPSA) is 28.7 Å². The normalized spacial score (nSPS) is 5.71. The van der Waals surface area contributed by atoms with Crippen molar-refractivity contribution in [1.29, 1.82) is 0 Å². The Hall–Kier alpha value is -0.570. The van der Waals surface area contributed by atoms with Gasteiger partial charge in [0.25, 0.3) is 0 Å². The number of nitrogens with one attached hydrogen (secondary N) is 1. The van der Waals surface area contributed by atoms with Crippen LogP contribution in [0.3, 0.4) is 0 Å². The van der Waals surface area contributed by atoms with Crippen molar-refractivity contribution in [1.82, 2.24) is 10.2 Å². The van der Waals surface area contributed by atoms with E-state index in [9.17, 15) is 0 Å². The van der Waals surface area contributed by atoms with Crippen molar-refractivity contribution in [3.8, 4) is 0 Å². The molecule has 0 unspecified atom stereocenters. The fourth-order valence-electron chi connectivity index (χ4n) is 0.215. The van der Waals surface area contributed by atoms with Gasteiger partial charge in [-0.15, -0.1) is 12.4 Å². The first-order chi connectivity index (χ1) is 2.50. The van der Waals surface area contributed by atoms with Gasteiger partial charge in [-0.3, -0.25) is 9.80 Å². The number of aromatic amines is 1. The Balaban J connectivity index is 0. The Morgan fingerprint density at radius 1 is 1.43 bits per heavy atom. The molecule has 0 bridgehead atoms. The van der Waals surface area contributed by atoms with Gasteiger partial charge in [-0.05, 0) is 6.07 Å². The van der Waals surface area contributed by atoms with Crippen molar-refractivity contribution >= 4 is 12.4 Å². The summed E-state index contributed by atoms with van der Waals surface area (Å²) < 4.78 is 0. The minimum absolute atomic E-state index is 0. The Morgan fingerprint density at radius 2 is 2.14 bits per heavy atom. The van der Waals surface area contributed by atoms with Gasteiger partial charge in [-0.25, -0.2) is 0 Å². The van der Waals surface area contributed by atoms with E-state index in [1.54, 1.807) is 12.4 Å². The quantitative estimate of drug-likeness (QED) is 0.549. The van der Waals surface area contributed by atoms with E-state index in [4.69, 9.17) is 0 Å². The molecule has 1 aromatic rings. The second-order valence-electron chi connectivity index (χ2n) is 0.766. The van der Waals surface area contributed by atoms with E-state index < -0.39 is 0 Å². The Labute approximate surface area is 46.7 Å². The van der Waals surface area contributed by atoms with Gasteiger partial charge in [0.2, 0.25) is 0 Å². The average molecular weight is 125 g/mol. The van der Waals surface area contributed by atoms with Crippen molar-refractivity contribution < 1.29 is 4.70 Å². The largest absolute Gasteiger partial charge is 0.286 e. The fourth-order valence-corrected chi connectivity index (χ4v) is 0.215. The van der Waals surface area contributed by atoms with E-state index in [-0.39, 0.29) is 17.1 Å². The zero-order chi connectivity index (χ0) is 3.54. The van der Waals surface area contributed by atoms with E-state index in [2.05, 4.69) is 10.2 Å². The molecule has 1 aromatic heterocycles. The third-order valence-corrected chi connectivity index (χ3v) is 0.406. The number of nitrogens with zero attached hydrogens (tertiary/aromatic N) is 1. The SMILES string of the molecule is Cl.F.c1cn[nH]c1. The van der Waals surface area contributed by atoms with Gasteiger partial charge in [0.05, 0.1) is 0 Å². The standard InChI is InChI=1S/C3H4N2.ClH.FH/c1-2-4-5-3-1;;/h1-3H,(H,4,5);2*1H. The molecular formula is C3H6ClFN2. The lowest BCUT2D eigenvalue weighted by Gasteiger charge is -1.49. The van der Waals surface area contributed by atoms with Crippen LogP contribution in [0.25, 0.3) is 0 Å². The Bertz CT molecular complexity index is 69.4. The van der Waals surface area contributed by atoms with Crippen molar-refractivity contribution in [2.24, 2.45) is 0 Å². The monoisotopic (exact) mass is 124 g/mol. The number of aromatic nitrogens is 2. The minimum Gasteiger partial charge on any atom is -0.286 e. The van der Waals surface area contributed by atoms with Crippen molar-refractivity contribution in [2.45, 2.75) is 0 Å². The minimum atomic E-state index is 0. The van der Waals surface area contributed by atoms with Crippen LogP contribution in [0.1, 0.15) is 0 Å². The molecule has 4 heteroatoms. The van der Waals surface area contributed by atoms with Crippen LogP contribution >= 0.6 is 12.4 Å². The van der Waals surface area contributed by atoms with E-state index >= 15 is 0 Å². The van der Waals surface area contributed by atoms with Gasteiger partial charge in [0.15, 0.2) is 0 Å². The molecule has 0 saturated heterocycles. The molecule has 1 N–H and O–H groups in total. The molecule has 42 valence electrons. The van der Waals surface area contributed by atoms with Crippen LogP contribution in [0.15, 0.2) is 18.5 Å². The van der Waals surface area contributed by atoms with Crippen LogP contribution in [0, 0.1) is 0 Å². The maximum absolute atomic E-state index is 3.60. The summed E-state index contributed by atoms with van der Waals surface area (Å²) >= 11 is 0. The maximum atomic E-state index is 3.60. The van der Waals surface area contributed by atoms with Crippen molar-refractivity contribution in [2.75, 3.05) is 0 Å². The van der Waals surface area contributed by atoms with E-state index in [1.165, 1.54) is 0 Å². The van der Waals surface area contributed by atoms with Crippen LogP contribution in [0.2, 0.25) is 0 Å². The maximum Gasteiger partial charge on any atom is 0.0487 e. The first kappa shape index (κ1) is 9.66. The molecule has 0 aliphatic carbocycles. The molecule has 0 atom stereocenters. The zero-order valence-electron chi connectivity index (χ0n) is 3.50. The van der Waals surface area contributed by atoms with E-state index in [0.29, 0.717) is 0 Å². The lowest BCUT2D eigenvalue weighted by molar-refractivity contribution is 1.09. The number of rotatable bonds is 0. The van der Waals surface area contributed by atoms with Crippen LogP contribution in [-0.4, -0.2) is 10.2 Å². The van der Waals surface area contributed by atoms with Gasteiger partial charge < -0.3 is 0 Å². The van der Waals surface area contributed by atoms with E-state index in [1.807, 2.05) is 6.07 Å². The highest BCUT2D eigenvalue weighted by molar-refractivity contribution is 5.85. The number of hydrogen-bond donors (Lipinski definition) is 1. The van der Waals surface area contributed by atoms with Crippen molar-refractivity contribution in [3.63, 3.8) is 0 Å². The highest BCUT2D eigenvalue weighted by atomic mass is 35.5. The van der Waals surface area contributed by atoms with Gasteiger partial charge >= 0.3 is 0 Å². The summed E-state index contributed by atoms with van der Waals surface area (Å²) in [5, 5.41) is 6.21. The molecule has 0 radical (unpaired) electrons. The van der Waals surface area contributed by atoms with Crippen LogP contribution in [0.4, 0.5) is 4.70 Å². The summed E-state index contributed by atoms with van der Waals surface area (Å²) in [6.45, 7) is 0. The molecule has 0 amide bonds. The van der Waals surface area contributed by atoms with Gasteiger partial charge in [0.1, 0.15) is 0 Å². The summed E-state index contributed by atoms with van der Waals surface area (Å²) in [6.07, 6.45) is 3.46. The lowest BCUT2D eigenvalue weighted by Crippen LogP contribution is -1.53. The van der Waals surface area contributed by atoms with Crippen molar-refractivity contribution in [3.05, 3.63) is 18.5 Å². The predicted octanol–water partition coefficient (Wildman–Crippen LogP) is 0.984. The van der Waals surface area contributed by atoms with Gasteiger partial charge in [-0.1, -0.05) is 0 Å². The number of halogens is 2. The summed E-state index contributed by atoms with van der Waals surface area (Å²) in [5.74, 6) is 0. The molecule has 7 heavy (non-hydrogen) atoms. The molecule has 2 nitrogen and oxygen atoms in total. The molecule has 0 saturated carbocycles. The third kappa shape index (κ3) is 3.26. The Kier molecular flexibility index (Phi) is 7.49. The molecular weight excluding hydrogens is 118 g/mol. The predicted molar refractivity (Wildman–Crippen MR) is 28.3 cm³/mol. The molecule has 1 rings (SSSR count). The molecule has 0 aromatic carbocycles. The average Bonchev–Trinajstić information content (AvgIpc) is 1.76. The zero-order valence-corrected chi connectivity index (χ0v) is 4.31. The summed E-state index contributed by atoms with van der Waals surface area (Å²) in [5.41, 5.74) is 0. The molecule has 0 aliphatic heterocycles. The van der Waals surface area contributed by atoms with Gasteiger partial charge in [0, 0.05) is 12.4 Å². The summed E-state index contributed by atoms with van der Waals surface area (Å²) in [7, 11) is 0. The van der Waals surface area contributed by atoms with E-state index in [0.717, 1.165) is 0 Å². The second kappa shape index (κ2) is 5.43. The first-order valence-corrected chi connectivity index (χ1v) is 1.44. The second-order valence-corrected chi connectivity index (χ2v) is 0.766. The van der Waals surface area contributed by atoms with Crippen LogP contribution in [-0.2, 0) is 0 Å².